The van der Waals surface area contributed by atoms with E-state index in [0.717, 1.165) is 0 Å². The van der Waals surface area contributed by atoms with E-state index in [4.69, 9.17) is 10.3 Å². The number of nitro groups is 1. The highest BCUT2D eigenvalue weighted by Crippen LogP contribution is 2.26. The number of nitro benzene ring substituents is 1. The van der Waals surface area contributed by atoms with Crippen LogP contribution in [0.15, 0.2) is 35.0 Å². The molecule has 0 aliphatic heterocycles. The van der Waals surface area contributed by atoms with Crippen LogP contribution in [0.5, 0.6) is 0 Å². The Morgan fingerprint density at radius 2 is 2.00 bits per heavy atom. The molecular weight excluding hydrogens is 198 g/mol. The molecule has 0 saturated heterocycles. The Balaban J connectivity index is 2.40. The smallest absolute Gasteiger partial charge is 0.269 e. The SMILES string of the molecule is Nc1cnoc1-c1ccc([N+](=O)[O-])cc1. The molecule has 0 atom stereocenters. The van der Waals surface area contributed by atoms with Crippen LogP contribution in [0.25, 0.3) is 11.3 Å². The summed E-state index contributed by atoms with van der Waals surface area (Å²) in [5.74, 6) is 0.421. The van der Waals surface area contributed by atoms with Gasteiger partial charge in [0.25, 0.3) is 5.69 Å². The van der Waals surface area contributed by atoms with E-state index in [0.29, 0.717) is 17.0 Å². The third kappa shape index (κ3) is 1.64. The van der Waals surface area contributed by atoms with Gasteiger partial charge >= 0.3 is 0 Å². The van der Waals surface area contributed by atoms with E-state index >= 15 is 0 Å². The molecule has 2 aromatic rings. The lowest BCUT2D eigenvalue weighted by Crippen LogP contribution is -1.88. The summed E-state index contributed by atoms with van der Waals surface area (Å²) in [5, 5.41) is 13.9. The summed E-state index contributed by atoms with van der Waals surface area (Å²) >= 11 is 0. The number of nitrogens with zero attached hydrogens (tertiary/aromatic N) is 2. The fourth-order valence-electron chi connectivity index (χ4n) is 1.20. The van der Waals surface area contributed by atoms with Gasteiger partial charge in [-0.05, 0) is 12.1 Å². The minimum absolute atomic E-state index is 0.0248. The van der Waals surface area contributed by atoms with E-state index in [1.165, 1.54) is 18.3 Å². The second kappa shape index (κ2) is 3.41. The lowest BCUT2D eigenvalue weighted by molar-refractivity contribution is -0.384. The summed E-state index contributed by atoms with van der Waals surface area (Å²) in [6, 6.07) is 5.90. The second-order valence-electron chi connectivity index (χ2n) is 2.91. The van der Waals surface area contributed by atoms with Crippen LogP contribution >= 0.6 is 0 Å². The fourth-order valence-corrected chi connectivity index (χ4v) is 1.20. The van der Waals surface area contributed by atoms with Crippen LogP contribution in [-0.2, 0) is 0 Å². The lowest BCUT2D eigenvalue weighted by atomic mass is 10.1. The minimum Gasteiger partial charge on any atom is -0.394 e. The van der Waals surface area contributed by atoms with Crippen molar-refractivity contribution < 1.29 is 9.45 Å². The van der Waals surface area contributed by atoms with Crippen LogP contribution in [0.1, 0.15) is 0 Å². The molecule has 0 fully saturated rings. The molecule has 0 aliphatic rings. The van der Waals surface area contributed by atoms with Crippen molar-refractivity contribution >= 4 is 11.4 Å². The number of aromatic nitrogens is 1. The van der Waals surface area contributed by atoms with Crippen LogP contribution in [0, 0.1) is 10.1 Å². The Morgan fingerprint density at radius 3 is 2.47 bits per heavy atom. The fraction of sp³-hybridized carbons (Fsp3) is 0. The van der Waals surface area contributed by atoms with Gasteiger partial charge in [0.2, 0.25) is 0 Å². The van der Waals surface area contributed by atoms with E-state index in [1.807, 2.05) is 0 Å². The monoisotopic (exact) mass is 205 g/mol. The Labute approximate surface area is 84.4 Å². The van der Waals surface area contributed by atoms with Gasteiger partial charge in [0, 0.05) is 17.7 Å². The molecule has 1 aromatic carbocycles. The average Bonchev–Trinajstić information content (AvgIpc) is 2.65. The number of hydrogen-bond donors (Lipinski definition) is 1. The van der Waals surface area contributed by atoms with Crippen molar-refractivity contribution in [2.45, 2.75) is 0 Å². The van der Waals surface area contributed by atoms with Gasteiger partial charge in [-0.1, -0.05) is 5.16 Å². The van der Waals surface area contributed by atoms with E-state index in [2.05, 4.69) is 5.16 Å². The van der Waals surface area contributed by atoms with Crippen molar-refractivity contribution in [3.05, 3.63) is 40.6 Å². The molecule has 2 rings (SSSR count). The largest absolute Gasteiger partial charge is 0.394 e. The molecule has 1 heterocycles. The molecule has 15 heavy (non-hydrogen) atoms. The van der Waals surface area contributed by atoms with Gasteiger partial charge in [0.1, 0.15) is 5.69 Å². The van der Waals surface area contributed by atoms with Gasteiger partial charge < -0.3 is 10.3 Å². The zero-order valence-electron chi connectivity index (χ0n) is 7.58. The van der Waals surface area contributed by atoms with Crippen molar-refractivity contribution in [2.75, 3.05) is 5.73 Å². The maximum absolute atomic E-state index is 10.4. The molecule has 0 aliphatic carbocycles. The summed E-state index contributed by atoms with van der Waals surface area (Å²) in [5.41, 5.74) is 6.67. The lowest BCUT2D eigenvalue weighted by Gasteiger charge is -1.96. The van der Waals surface area contributed by atoms with Gasteiger partial charge in [-0.3, -0.25) is 10.1 Å². The summed E-state index contributed by atoms with van der Waals surface area (Å²) in [6.45, 7) is 0. The maximum Gasteiger partial charge on any atom is 0.269 e. The molecule has 0 amide bonds. The van der Waals surface area contributed by atoms with Crippen LogP contribution in [-0.4, -0.2) is 10.1 Å². The Kier molecular flexibility index (Phi) is 2.09. The third-order valence-electron chi connectivity index (χ3n) is 1.94. The Hall–Kier alpha value is -2.37. The number of anilines is 1. The van der Waals surface area contributed by atoms with Crippen molar-refractivity contribution in [1.29, 1.82) is 0 Å². The standard InChI is InChI=1S/C9H7N3O3/c10-8-5-11-15-9(8)6-1-3-7(4-2-6)12(13)14/h1-5H,10H2. The molecule has 2 N–H and O–H groups in total. The van der Waals surface area contributed by atoms with E-state index < -0.39 is 4.92 Å². The first kappa shape index (κ1) is 9.20. The Bertz CT molecular complexity index is 490. The normalized spacial score (nSPS) is 10.1. The van der Waals surface area contributed by atoms with Gasteiger partial charge in [-0.25, -0.2) is 0 Å². The molecule has 0 saturated carbocycles. The topological polar surface area (TPSA) is 95.2 Å². The average molecular weight is 205 g/mol. The van der Waals surface area contributed by atoms with Crippen molar-refractivity contribution in [1.82, 2.24) is 5.16 Å². The number of rotatable bonds is 2. The van der Waals surface area contributed by atoms with Crippen molar-refractivity contribution in [3.8, 4) is 11.3 Å². The van der Waals surface area contributed by atoms with Gasteiger partial charge in [-0.2, -0.15) is 0 Å². The number of non-ortho nitro benzene ring substituents is 1. The first-order chi connectivity index (χ1) is 7.18. The number of nitrogens with two attached hydrogens (primary N) is 1. The molecule has 76 valence electrons. The van der Waals surface area contributed by atoms with Crippen LogP contribution < -0.4 is 5.73 Å². The highest BCUT2D eigenvalue weighted by atomic mass is 16.6. The predicted octanol–water partition coefficient (Wildman–Crippen LogP) is 1.83. The zero-order valence-corrected chi connectivity index (χ0v) is 7.58. The highest BCUT2D eigenvalue weighted by molar-refractivity contribution is 5.70. The van der Waals surface area contributed by atoms with Gasteiger partial charge in [-0.15, -0.1) is 0 Å². The Morgan fingerprint density at radius 1 is 1.33 bits per heavy atom. The van der Waals surface area contributed by atoms with E-state index in [-0.39, 0.29) is 5.69 Å². The zero-order chi connectivity index (χ0) is 10.8. The minimum atomic E-state index is -0.465. The third-order valence-corrected chi connectivity index (χ3v) is 1.94. The van der Waals surface area contributed by atoms with E-state index in [1.54, 1.807) is 12.1 Å². The molecule has 0 bridgehead atoms. The maximum atomic E-state index is 10.4. The quantitative estimate of drug-likeness (QED) is 0.596. The summed E-state index contributed by atoms with van der Waals surface area (Å²) < 4.78 is 4.91. The second-order valence-corrected chi connectivity index (χ2v) is 2.91. The summed E-state index contributed by atoms with van der Waals surface area (Å²) in [4.78, 5) is 9.95. The first-order valence-corrected chi connectivity index (χ1v) is 4.13. The van der Waals surface area contributed by atoms with Crippen LogP contribution in [0.4, 0.5) is 11.4 Å². The highest BCUT2D eigenvalue weighted by Gasteiger charge is 2.10. The van der Waals surface area contributed by atoms with Gasteiger partial charge in [0.05, 0.1) is 11.1 Å². The molecule has 0 unspecified atom stereocenters. The predicted molar refractivity (Wildman–Crippen MR) is 53.0 cm³/mol. The number of nitrogen functional groups attached to an aromatic ring is 1. The molecule has 0 spiro atoms. The summed E-state index contributed by atoms with van der Waals surface area (Å²) in [6.07, 6.45) is 1.39. The molecule has 6 nitrogen and oxygen atoms in total. The number of benzene rings is 1. The van der Waals surface area contributed by atoms with Crippen LogP contribution in [0.2, 0.25) is 0 Å². The first-order valence-electron chi connectivity index (χ1n) is 4.13. The molecule has 6 heteroatoms. The molecular formula is C9H7N3O3. The number of hydrogen-bond acceptors (Lipinski definition) is 5. The van der Waals surface area contributed by atoms with E-state index in [9.17, 15) is 10.1 Å². The molecule has 1 aromatic heterocycles. The molecule has 0 radical (unpaired) electrons. The van der Waals surface area contributed by atoms with Crippen molar-refractivity contribution in [2.24, 2.45) is 0 Å². The summed E-state index contributed by atoms with van der Waals surface area (Å²) in [7, 11) is 0. The van der Waals surface area contributed by atoms with Crippen molar-refractivity contribution in [3.63, 3.8) is 0 Å². The van der Waals surface area contributed by atoms with Gasteiger partial charge in [0.15, 0.2) is 5.76 Å². The van der Waals surface area contributed by atoms with Crippen LogP contribution in [0.3, 0.4) is 0 Å².